The topological polar surface area (TPSA) is 34.1 Å². The molecule has 3 rings (SSSR count). The lowest BCUT2D eigenvalue weighted by molar-refractivity contribution is 0.200. The fraction of sp³-hybridized carbons (Fsp3) is 0.154. The molecule has 1 atom stereocenters. The Kier molecular flexibility index (Phi) is 2.50. The van der Waals surface area contributed by atoms with Gasteiger partial charge in [-0.05, 0) is 13.0 Å². The molecule has 0 radical (unpaired) electrons. The van der Waals surface area contributed by atoms with Crippen molar-refractivity contribution in [2.45, 2.75) is 13.0 Å². The normalized spacial score (nSPS) is 17.6. The summed E-state index contributed by atoms with van der Waals surface area (Å²) in [4.78, 5) is 9.88. The van der Waals surface area contributed by atoms with Gasteiger partial charge in [0, 0.05) is 5.56 Å². The first-order valence-corrected chi connectivity index (χ1v) is 5.82. The van der Waals surface area contributed by atoms with Gasteiger partial charge >= 0.3 is 0 Å². The largest absolute Gasteiger partial charge is 0.404 e. The Hall–Kier alpha value is -1.58. The van der Waals surface area contributed by atoms with E-state index < -0.39 is 0 Å². The van der Waals surface area contributed by atoms with Gasteiger partial charge < -0.3 is 4.84 Å². The van der Waals surface area contributed by atoms with Crippen LogP contribution >= 0.6 is 11.6 Å². The van der Waals surface area contributed by atoms with Crippen molar-refractivity contribution in [1.82, 2.24) is 10.5 Å². The second kappa shape index (κ2) is 4.02. The lowest BCUT2D eigenvalue weighted by atomic mass is 10.1. The van der Waals surface area contributed by atoms with Crippen LogP contribution in [0.4, 0.5) is 0 Å². The molecular weight excluding hydrogens is 236 g/mol. The van der Waals surface area contributed by atoms with E-state index in [0.717, 1.165) is 17.0 Å². The van der Waals surface area contributed by atoms with Crippen molar-refractivity contribution in [3.63, 3.8) is 0 Å². The van der Waals surface area contributed by atoms with Crippen LogP contribution in [-0.2, 0) is 0 Å². The molecule has 1 aliphatic heterocycles. The van der Waals surface area contributed by atoms with Crippen molar-refractivity contribution >= 4 is 11.6 Å². The number of hydrogen-bond acceptors (Lipinski definition) is 3. The van der Waals surface area contributed by atoms with Gasteiger partial charge in [0.15, 0.2) is 5.75 Å². The van der Waals surface area contributed by atoms with Crippen LogP contribution < -0.4 is 10.3 Å². The molecular formula is C13H11ClN2O. The number of pyridine rings is 1. The molecule has 1 aromatic heterocycles. The van der Waals surface area contributed by atoms with Crippen molar-refractivity contribution in [3.8, 4) is 17.0 Å². The average Bonchev–Trinajstić information content (AvgIpc) is 2.73. The summed E-state index contributed by atoms with van der Waals surface area (Å²) in [6, 6.07) is 11.9. The average molecular weight is 247 g/mol. The zero-order valence-corrected chi connectivity index (χ0v) is 10.0. The monoisotopic (exact) mass is 246 g/mol. The van der Waals surface area contributed by atoms with Crippen LogP contribution in [0.25, 0.3) is 11.3 Å². The second-order valence-electron chi connectivity index (χ2n) is 4.01. The highest BCUT2D eigenvalue weighted by molar-refractivity contribution is 6.32. The Bertz CT molecular complexity index is 557. The summed E-state index contributed by atoms with van der Waals surface area (Å²) in [5, 5.41) is 0.589. The van der Waals surface area contributed by atoms with Gasteiger partial charge in [0.25, 0.3) is 0 Å². The number of nitrogens with one attached hydrogen (secondary N) is 1. The molecule has 0 fully saturated rings. The van der Waals surface area contributed by atoms with E-state index in [9.17, 15) is 0 Å². The van der Waals surface area contributed by atoms with Crippen LogP contribution in [0.5, 0.6) is 5.75 Å². The molecule has 2 heterocycles. The highest BCUT2D eigenvalue weighted by Gasteiger charge is 2.25. The van der Waals surface area contributed by atoms with Crippen molar-refractivity contribution < 1.29 is 4.84 Å². The quantitative estimate of drug-likeness (QED) is 0.838. The summed E-state index contributed by atoms with van der Waals surface area (Å²) < 4.78 is 0. The van der Waals surface area contributed by atoms with Crippen molar-refractivity contribution in [2.24, 2.45) is 0 Å². The van der Waals surface area contributed by atoms with Crippen LogP contribution in [0.2, 0.25) is 5.02 Å². The van der Waals surface area contributed by atoms with E-state index in [4.69, 9.17) is 16.4 Å². The Morgan fingerprint density at radius 2 is 2.06 bits per heavy atom. The molecule has 0 bridgehead atoms. The lowest BCUT2D eigenvalue weighted by Gasteiger charge is -2.05. The van der Waals surface area contributed by atoms with Gasteiger partial charge in [-0.2, -0.15) is 0 Å². The Labute approximate surface area is 104 Å². The third-order valence-electron chi connectivity index (χ3n) is 2.77. The highest BCUT2D eigenvalue weighted by atomic mass is 35.5. The first-order chi connectivity index (χ1) is 8.25. The minimum Gasteiger partial charge on any atom is -0.404 e. The van der Waals surface area contributed by atoms with Gasteiger partial charge in [0.2, 0.25) is 0 Å². The lowest BCUT2D eigenvalue weighted by Crippen LogP contribution is -2.13. The predicted octanol–water partition coefficient (Wildman–Crippen LogP) is 3.36. The maximum absolute atomic E-state index is 6.19. The van der Waals surface area contributed by atoms with Crippen LogP contribution in [0.3, 0.4) is 0 Å². The summed E-state index contributed by atoms with van der Waals surface area (Å²) in [5.41, 5.74) is 5.64. The molecule has 17 heavy (non-hydrogen) atoms. The molecule has 0 aliphatic carbocycles. The van der Waals surface area contributed by atoms with Gasteiger partial charge in [0.1, 0.15) is 5.69 Å². The molecule has 1 unspecified atom stereocenters. The van der Waals surface area contributed by atoms with Gasteiger partial charge in [-0.1, -0.05) is 41.9 Å². The van der Waals surface area contributed by atoms with E-state index in [1.54, 1.807) is 0 Å². The van der Waals surface area contributed by atoms with Crippen molar-refractivity contribution in [2.75, 3.05) is 0 Å². The van der Waals surface area contributed by atoms with E-state index in [1.165, 1.54) is 0 Å². The Balaban J connectivity index is 2.15. The summed E-state index contributed by atoms with van der Waals surface area (Å²) >= 11 is 6.19. The van der Waals surface area contributed by atoms with Crippen LogP contribution in [0.1, 0.15) is 18.7 Å². The number of hydroxylamine groups is 1. The molecule has 2 aromatic rings. The van der Waals surface area contributed by atoms with Gasteiger partial charge in [-0.25, -0.2) is 4.98 Å². The van der Waals surface area contributed by atoms with Crippen molar-refractivity contribution in [1.29, 1.82) is 0 Å². The fourth-order valence-electron chi connectivity index (χ4n) is 1.88. The number of fused-ring (bicyclic) bond motifs is 1. The van der Waals surface area contributed by atoms with E-state index in [0.29, 0.717) is 10.8 Å². The van der Waals surface area contributed by atoms with Crippen LogP contribution in [-0.4, -0.2) is 4.98 Å². The van der Waals surface area contributed by atoms with Crippen LogP contribution in [0, 0.1) is 0 Å². The zero-order chi connectivity index (χ0) is 11.8. The summed E-state index contributed by atoms with van der Waals surface area (Å²) in [6.45, 7) is 1.99. The SMILES string of the molecule is CC1NOc2c(Cl)cc(-c3ccccc3)nc21. The van der Waals surface area contributed by atoms with Crippen molar-refractivity contribution in [3.05, 3.63) is 47.1 Å². The molecule has 86 valence electrons. The van der Waals surface area contributed by atoms with E-state index in [1.807, 2.05) is 43.3 Å². The first-order valence-electron chi connectivity index (χ1n) is 5.44. The third-order valence-corrected chi connectivity index (χ3v) is 3.05. The number of hydrogen-bond donors (Lipinski definition) is 1. The molecule has 4 heteroatoms. The fourth-order valence-corrected chi connectivity index (χ4v) is 2.11. The molecule has 0 amide bonds. The summed E-state index contributed by atoms with van der Waals surface area (Å²) in [7, 11) is 0. The molecule has 0 saturated carbocycles. The second-order valence-corrected chi connectivity index (χ2v) is 4.42. The number of rotatable bonds is 1. The van der Waals surface area contributed by atoms with Gasteiger partial charge in [-0.15, -0.1) is 5.48 Å². The number of benzene rings is 1. The number of halogens is 1. The standard InChI is InChI=1S/C13H11ClN2O/c1-8-12-13(17-16-8)10(14)7-11(15-12)9-5-3-2-4-6-9/h2-8,16H,1H3. The number of aromatic nitrogens is 1. The van der Waals surface area contributed by atoms with E-state index in [-0.39, 0.29) is 6.04 Å². The predicted molar refractivity (Wildman–Crippen MR) is 66.9 cm³/mol. The molecule has 1 aromatic carbocycles. The van der Waals surface area contributed by atoms with Gasteiger partial charge in [-0.3, -0.25) is 0 Å². The minimum absolute atomic E-state index is 0.0613. The molecule has 1 aliphatic rings. The van der Waals surface area contributed by atoms with E-state index >= 15 is 0 Å². The Morgan fingerprint density at radius 3 is 2.82 bits per heavy atom. The molecule has 0 saturated heterocycles. The highest BCUT2D eigenvalue weighted by Crippen LogP contribution is 2.37. The maximum Gasteiger partial charge on any atom is 0.188 e. The minimum atomic E-state index is 0.0613. The maximum atomic E-state index is 6.19. The third kappa shape index (κ3) is 1.77. The smallest absolute Gasteiger partial charge is 0.188 e. The summed E-state index contributed by atoms with van der Waals surface area (Å²) in [5.74, 6) is 0.638. The summed E-state index contributed by atoms with van der Waals surface area (Å²) in [6.07, 6.45) is 0. The van der Waals surface area contributed by atoms with Crippen LogP contribution in [0.15, 0.2) is 36.4 Å². The number of nitrogens with zero attached hydrogens (tertiary/aromatic N) is 1. The van der Waals surface area contributed by atoms with E-state index in [2.05, 4.69) is 10.5 Å². The molecule has 1 N–H and O–H groups in total. The molecule has 0 spiro atoms. The Morgan fingerprint density at radius 1 is 1.29 bits per heavy atom. The first kappa shape index (κ1) is 10.6. The van der Waals surface area contributed by atoms with Gasteiger partial charge in [0.05, 0.1) is 16.8 Å². The zero-order valence-electron chi connectivity index (χ0n) is 9.27. The molecule has 3 nitrogen and oxygen atoms in total.